The number of imide groups is 1. The number of amides is 3. The van der Waals surface area contributed by atoms with Crippen LogP contribution in [0.2, 0.25) is 0 Å². The minimum absolute atomic E-state index is 0.0326. The highest BCUT2D eigenvalue weighted by Gasteiger charge is 2.44. The van der Waals surface area contributed by atoms with Gasteiger partial charge in [0.15, 0.2) is 0 Å². The van der Waals surface area contributed by atoms with Crippen molar-refractivity contribution in [3.8, 4) is 0 Å². The van der Waals surface area contributed by atoms with Gasteiger partial charge in [-0.1, -0.05) is 18.2 Å². The molecule has 0 radical (unpaired) electrons. The first-order valence-corrected chi connectivity index (χ1v) is 9.45. The molecule has 0 aliphatic carbocycles. The van der Waals surface area contributed by atoms with Crippen LogP contribution in [0.5, 0.6) is 0 Å². The zero-order chi connectivity index (χ0) is 22.0. The van der Waals surface area contributed by atoms with Gasteiger partial charge in [-0.25, -0.2) is 4.90 Å². The SMILES string of the molecule is O=C1CC(N(Cc2ccco2)C(=O)c2ccc([N+](=O)[O-])cc2)C(=O)N1c1ccccc1. The summed E-state index contributed by atoms with van der Waals surface area (Å²) in [4.78, 5) is 51.7. The first kappa shape index (κ1) is 20.0. The van der Waals surface area contributed by atoms with Crippen molar-refractivity contribution in [3.63, 3.8) is 0 Å². The van der Waals surface area contributed by atoms with Gasteiger partial charge in [0.1, 0.15) is 11.8 Å². The van der Waals surface area contributed by atoms with E-state index in [9.17, 15) is 24.5 Å². The topological polar surface area (TPSA) is 114 Å². The fraction of sp³-hybridized carbons (Fsp3) is 0.136. The number of anilines is 1. The molecule has 1 fully saturated rings. The third-order valence-electron chi connectivity index (χ3n) is 5.01. The van der Waals surface area contributed by atoms with Crippen LogP contribution in [0.3, 0.4) is 0 Å². The predicted octanol–water partition coefficient (Wildman–Crippen LogP) is 3.16. The lowest BCUT2D eigenvalue weighted by Crippen LogP contribution is -2.45. The number of non-ortho nitro benzene ring substituents is 1. The average molecular weight is 419 g/mol. The molecular formula is C22H17N3O6. The lowest BCUT2D eigenvalue weighted by Gasteiger charge is -2.27. The molecule has 1 aliphatic heterocycles. The van der Waals surface area contributed by atoms with Crippen LogP contribution in [0.4, 0.5) is 11.4 Å². The standard InChI is InChI=1S/C22H17N3O6/c26-20-13-19(22(28)24(20)16-5-2-1-3-6-16)23(14-18-7-4-12-31-18)21(27)15-8-10-17(11-9-15)25(29)30/h1-12,19H,13-14H2. The average Bonchev–Trinajstić information content (AvgIpc) is 3.39. The summed E-state index contributed by atoms with van der Waals surface area (Å²) in [5.41, 5.74) is 0.438. The van der Waals surface area contributed by atoms with Gasteiger partial charge in [0, 0.05) is 17.7 Å². The highest BCUT2D eigenvalue weighted by atomic mass is 16.6. The van der Waals surface area contributed by atoms with Crippen molar-refractivity contribution in [1.82, 2.24) is 4.90 Å². The molecule has 0 bridgehead atoms. The smallest absolute Gasteiger partial charge is 0.269 e. The molecular weight excluding hydrogens is 402 g/mol. The van der Waals surface area contributed by atoms with E-state index in [4.69, 9.17) is 4.42 Å². The Bertz CT molecular complexity index is 1130. The van der Waals surface area contributed by atoms with Crippen molar-refractivity contribution < 1.29 is 23.7 Å². The molecule has 156 valence electrons. The van der Waals surface area contributed by atoms with Gasteiger partial charge in [-0.15, -0.1) is 0 Å². The number of nitro groups is 1. The highest BCUT2D eigenvalue weighted by molar-refractivity contribution is 6.23. The maximum Gasteiger partial charge on any atom is 0.269 e. The van der Waals surface area contributed by atoms with Gasteiger partial charge in [0.2, 0.25) is 5.91 Å². The fourth-order valence-electron chi connectivity index (χ4n) is 3.49. The Labute approximate surface area is 176 Å². The van der Waals surface area contributed by atoms with E-state index in [-0.39, 0.29) is 24.2 Å². The summed E-state index contributed by atoms with van der Waals surface area (Å²) < 4.78 is 5.34. The van der Waals surface area contributed by atoms with Crippen LogP contribution in [0, 0.1) is 10.1 Å². The van der Waals surface area contributed by atoms with Crippen LogP contribution < -0.4 is 4.90 Å². The van der Waals surface area contributed by atoms with Crippen molar-refractivity contribution in [2.75, 3.05) is 4.90 Å². The number of carbonyl (C=O) groups is 3. The van der Waals surface area contributed by atoms with Crippen LogP contribution in [-0.4, -0.2) is 33.6 Å². The Morgan fingerprint density at radius 3 is 2.39 bits per heavy atom. The molecule has 1 aromatic heterocycles. The zero-order valence-electron chi connectivity index (χ0n) is 16.2. The Balaban J connectivity index is 1.66. The molecule has 9 heteroatoms. The predicted molar refractivity (Wildman–Crippen MR) is 109 cm³/mol. The molecule has 1 atom stereocenters. The number of benzene rings is 2. The summed E-state index contributed by atoms with van der Waals surface area (Å²) in [6.45, 7) is -0.0326. The summed E-state index contributed by atoms with van der Waals surface area (Å²) in [5, 5.41) is 10.9. The summed E-state index contributed by atoms with van der Waals surface area (Å²) in [6, 6.07) is 15.9. The van der Waals surface area contributed by atoms with Gasteiger partial charge in [0.25, 0.3) is 17.5 Å². The third kappa shape index (κ3) is 3.93. The van der Waals surface area contributed by atoms with E-state index in [0.29, 0.717) is 11.4 Å². The molecule has 2 heterocycles. The molecule has 0 spiro atoms. The van der Waals surface area contributed by atoms with Gasteiger partial charge in [0.05, 0.1) is 29.8 Å². The number of hydrogen-bond donors (Lipinski definition) is 0. The molecule has 3 aromatic rings. The van der Waals surface area contributed by atoms with Crippen LogP contribution in [-0.2, 0) is 16.1 Å². The van der Waals surface area contributed by atoms with Gasteiger partial charge < -0.3 is 9.32 Å². The molecule has 2 aromatic carbocycles. The lowest BCUT2D eigenvalue weighted by molar-refractivity contribution is -0.384. The van der Waals surface area contributed by atoms with Crippen molar-refractivity contribution in [3.05, 3.63) is 94.4 Å². The number of carbonyl (C=O) groups excluding carboxylic acids is 3. The Morgan fingerprint density at radius 2 is 1.77 bits per heavy atom. The molecule has 0 saturated carbocycles. The van der Waals surface area contributed by atoms with E-state index in [1.165, 1.54) is 35.4 Å². The van der Waals surface area contributed by atoms with E-state index in [0.717, 1.165) is 4.90 Å². The first-order valence-electron chi connectivity index (χ1n) is 9.45. The molecule has 4 rings (SSSR count). The molecule has 1 saturated heterocycles. The quantitative estimate of drug-likeness (QED) is 0.344. The van der Waals surface area contributed by atoms with E-state index < -0.39 is 28.7 Å². The summed E-state index contributed by atoms with van der Waals surface area (Å²) >= 11 is 0. The Kier molecular flexibility index (Phi) is 5.31. The second-order valence-corrected chi connectivity index (χ2v) is 6.94. The number of furan rings is 1. The number of nitro benzene ring substituents is 1. The van der Waals surface area contributed by atoms with Crippen molar-refractivity contribution in [1.29, 1.82) is 0 Å². The van der Waals surface area contributed by atoms with E-state index in [1.807, 2.05) is 0 Å². The minimum atomic E-state index is -1.03. The van der Waals surface area contributed by atoms with Gasteiger partial charge in [-0.05, 0) is 36.4 Å². The largest absolute Gasteiger partial charge is 0.467 e. The van der Waals surface area contributed by atoms with E-state index in [1.54, 1.807) is 42.5 Å². The molecule has 1 unspecified atom stereocenters. The van der Waals surface area contributed by atoms with Crippen molar-refractivity contribution in [2.45, 2.75) is 19.0 Å². The third-order valence-corrected chi connectivity index (χ3v) is 5.01. The summed E-state index contributed by atoms with van der Waals surface area (Å²) in [6.07, 6.45) is 1.27. The maximum atomic E-state index is 13.3. The van der Waals surface area contributed by atoms with Gasteiger partial charge in [-0.3, -0.25) is 24.5 Å². The summed E-state index contributed by atoms with van der Waals surface area (Å²) in [7, 11) is 0. The number of para-hydroxylation sites is 1. The molecule has 1 aliphatic rings. The second-order valence-electron chi connectivity index (χ2n) is 6.94. The highest BCUT2D eigenvalue weighted by Crippen LogP contribution is 2.28. The molecule has 3 amide bonds. The Morgan fingerprint density at radius 1 is 1.06 bits per heavy atom. The van der Waals surface area contributed by atoms with Crippen LogP contribution in [0.1, 0.15) is 22.5 Å². The molecule has 9 nitrogen and oxygen atoms in total. The number of rotatable bonds is 6. The normalized spacial score (nSPS) is 15.9. The van der Waals surface area contributed by atoms with Crippen LogP contribution >= 0.6 is 0 Å². The van der Waals surface area contributed by atoms with E-state index in [2.05, 4.69) is 0 Å². The Hall–Kier alpha value is -4.27. The molecule has 0 N–H and O–H groups in total. The lowest BCUT2D eigenvalue weighted by atomic mass is 10.1. The van der Waals surface area contributed by atoms with Crippen LogP contribution in [0.15, 0.2) is 77.4 Å². The number of nitrogens with zero attached hydrogens (tertiary/aromatic N) is 3. The maximum absolute atomic E-state index is 13.3. The van der Waals surface area contributed by atoms with Crippen LogP contribution in [0.25, 0.3) is 0 Å². The zero-order valence-corrected chi connectivity index (χ0v) is 16.2. The minimum Gasteiger partial charge on any atom is -0.467 e. The molecule has 31 heavy (non-hydrogen) atoms. The van der Waals surface area contributed by atoms with Gasteiger partial charge >= 0.3 is 0 Å². The number of hydrogen-bond acceptors (Lipinski definition) is 6. The first-order chi connectivity index (χ1) is 15.0. The second kappa shape index (κ2) is 8.23. The van der Waals surface area contributed by atoms with Crippen molar-refractivity contribution >= 4 is 29.1 Å². The monoisotopic (exact) mass is 419 g/mol. The van der Waals surface area contributed by atoms with Crippen molar-refractivity contribution in [2.24, 2.45) is 0 Å². The van der Waals surface area contributed by atoms with E-state index >= 15 is 0 Å². The summed E-state index contributed by atoms with van der Waals surface area (Å²) in [5.74, 6) is -1.03. The van der Waals surface area contributed by atoms with Gasteiger partial charge in [-0.2, -0.15) is 0 Å². The fourth-order valence-corrected chi connectivity index (χ4v) is 3.49.